The third-order valence-electron chi connectivity index (χ3n) is 3.47. The predicted molar refractivity (Wildman–Crippen MR) is 77.6 cm³/mol. The molecule has 0 saturated heterocycles. The Morgan fingerprint density at radius 3 is 2.70 bits per heavy atom. The van der Waals surface area contributed by atoms with Gasteiger partial charge in [-0.1, -0.05) is 30.3 Å². The van der Waals surface area contributed by atoms with Gasteiger partial charge in [0.25, 0.3) is 0 Å². The predicted octanol–water partition coefficient (Wildman–Crippen LogP) is 2.26. The summed E-state index contributed by atoms with van der Waals surface area (Å²) in [5, 5.41) is 2.92. The van der Waals surface area contributed by atoms with Gasteiger partial charge in [0.15, 0.2) is 0 Å². The molecule has 1 unspecified atom stereocenters. The van der Waals surface area contributed by atoms with Gasteiger partial charge < -0.3 is 15.8 Å². The molecule has 4 heteroatoms. The van der Waals surface area contributed by atoms with Crippen molar-refractivity contribution in [1.29, 1.82) is 0 Å². The molecule has 102 valence electrons. The average Bonchev–Trinajstić information content (AvgIpc) is 2.92. The fourth-order valence-electron chi connectivity index (χ4n) is 2.33. The molecule has 2 aromatic rings. The highest BCUT2D eigenvalue weighted by molar-refractivity contribution is 5.96. The lowest BCUT2D eigenvalue weighted by molar-refractivity contribution is -0.117. The van der Waals surface area contributed by atoms with Crippen LogP contribution >= 0.6 is 0 Å². The van der Waals surface area contributed by atoms with Crippen LogP contribution in [0.3, 0.4) is 0 Å². The number of anilines is 1. The van der Waals surface area contributed by atoms with E-state index in [-0.39, 0.29) is 11.8 Å². The van der Waals surface area contributed by atoms with E-state index in [1.54, 1.807) is 0 Å². The molecule has 0 saturated carbocycles. The van der Waals surface area contributed by atoms with Crippen LogP contribution in [0.15, 0.2) is 48.5 Å². The lowest BCUT2D eigenvalue weighted by Crippen LogP contribution is -2.22. The van der Waals surface area contributed by atoms with Gasteiger partial charge >= 0.3 is 0 Å². The Balaban J connectivity index is 1.74. The van der Waals surface area contributed by atoms with Crippen molar-refractivity contribution in [3.63, 3.8) is 0 Å². The highest BCUT2D eigenvalue weighted by atomic mass is 16.5. The minimum atomic E-state index is -0.250. The molecule has 0 bridgehead atoms. The van der Waals surface area contributed by atoms with E-state index in [1.165, 1.54) is 0 Å². The number of ether oxygens (including phenoxy) is 1. The molecule has 0 radical (unpaired) electrons. The molecule has 0 spiro atoms. The van der Waals surface area contributed by atoms with E-state index in [1.807, 2.05) is 48.5 Å². The van der Waals surface area contributed by atoms with Crippen molar-refractivity contribution in [1.82, 2.24) is 0 Å². The second-order valence-corrected chi connectivity index (χ2v) is 4.79. The maximum atomic E-state index is 12.3. The van der Waals surface area contributed by atoms with E-state index in [2.05, 4.69) is 5.32 Å². The van der Waals surface area contributed by atoms with Crippen LogP contribution in [0.4, 0.5) is 5.69 Å². The fourth-order valence-corrected chi connectivity index (χ4v) is 2.33. The summed E-state index contributed by atoms with van der Waals surface area (Å²) in [5.74, 6) is 0.502. The lowest BCUT2D eigenvalue weighted by atomic mass is 10.0. The molecule has 1 atom stereocenters. The highest BCUT2D eigenvalue weighted by Gasteiger charge is 2.29. The highest BCUT2D eigenvalue weighted by Crippen LogP contribution is 2.34. The largest absolute Gasteiger partial charge is 0.492 e. The van der Waals surface area contributed by atoms with Gasteiger partial charge in [0.1, 0.15) is 18.3 Å². The van der Waals surface area contributed by atoms with E-state index < -0.39 is 0 Å². The maximum absolute atomic E-state index is 12.3. The molecule has 0 aromatic heterocycles. The molecular formula is C16H16N2O2. The number of amides is 1. The van der Waals surface area contributed by atoms with Crippen LogP contribution in [0.25, 0.3) is 0 Å². The molecule has 20 heavy (non-hydrogen) atoms. The Labute approximate surface area is 117 Å². The molecule has 0 fully saturated rings. The maximum Gasteiger partial charge on any atom is 0.235 e. The van der Waals surface area contributed by atoms with Gasteiger partial charge in [-0.25, -0.2) is 0 Å². The number of benzene rings is 2. The Morgan fingerprint density at radius 1 is 1.20 bits per heavy atom. The zero-order valence-corrected chi connectivity index (χ0v) is 11.0. The molecular weight excluding hydrogens is 252 g/mol. The van der Waals surface area contributed by atoms with Crippen molar-refractivity contribution in [2.45, 2.75) is 12.5 Å². The first kappa shape index (κ1) is 12.7. The lowest BCUT2D eigenvalue weighted by Gasteiger charge is -2.10. The van der Waals surface area contributed by atoms with Crippen LogP contribution in [0.5, 0.6) is 5.75 Å². The quantitative estimate of drug-likeness (QED) is 0.897. The monoisotopic (exact) mass is 268 g/mol. The number of fused-ring (bicyclic) bond motifs is 1. The summed E-state index contributed by atoms with van der Waals surface area (Å²) in [5.41, 5.74) is 8.31. The Bertz CT molecular complexity index is 623. The molecule has 1 amide bonds. The van der Waals surface area contributed by atoms with E-state index in [0.717, 1.165) is 22.6 Å². The number of hydrogen-bond donors (Lipinski definition) is 2. The Morgan fingerprint density at radius 2 is 1.95 bits per heavy atom. The van der Waals surface area contributed by atoms with Crippen LogP contribution in [0, 0.1) is 0 Å². The van der Waals surface area contributed by atoms with Gasteiger partial charge in [0.05, 0.1) is 0 Å². The second-order valence-electron chi connectivity index (χ2n) is 4.79. The number of nitrogens with one attached hydrogen (secondary N) is 1. The smallest absolute Gasteiger partial charge is 0.235 e. The third kappa shape index (κ3) is 2.38. The summed E-state index contributed by atoms with van der Waals surface area (Å²) in [4.78, 5) is 12.3. The van der Waals surface area contributed by atoms with E-state index in [4.69, 9.17) is 10.5 Å². The number of para-hydroxylation sites is 1. The van der Waals surface area contributed by atoms with Gasteiger partial charge in [-0.2, -0.15) is 0 Å². The van der Waals surface area contributed by atoms with Gasteiger partial charge in [-0.15, -0.1) is 0 Å². The summed E-state index contributed by atoms with van der Waals surface area (Å²) >= 11 is 0. The molecule has 0 aliphatic carbocycles. The number of hydrogen-bond acceptors (Lipinski definition) is 3. The van der Waals surface area contributed by atoms with Gasteiger partial charge in [-0.3, -0.25) is 4.79 Å². The molecule has 2 aromatic carbocycles. The van der Waals surface area contributed by atoms with Crippen molar-refractivity contribution in [3.05, 3.63) is 59.7 Å². The second kappa shape index (κ2) is 5.35. The van der Waals surface area contributed by atoms with E-state index in [0.29, 0.717) is 13.2 Å². The van der Waals surface area contributed by atoms with Crippen molar-refractivity contribution < 1.29 is 9.53 Å². The van der Waals surface area contributed by atoms with E-state index >= 15 is 0 Å². The zero-order chi connectivity index (χ0) is 13.9. The zero-order valence-electron chi connectivity index (χ0n) is 11.0. The van der Waals surface area contributed by atoms with Gasteiger partial charge in [0, 0.05) is 17.8 Å². The minimum Gasteiger partial charge on any atom is -0.492 e. The summed E-state index contributed by atoms with van der Waals surface area (Å²) in [7, 11) is 0. The normalized spacial score (nSPS) is 16.4. The minimum absolute atomic E-state index is 0.0459. The molecule has 3 N–H and O–H groups in total. The molecule has 3 rings (SSSR count). The van der Waals surface area contributed by atoms with E-state index in [9.17, 15) is 4.79 Å². The fraction of sp³-hybridized carbons (Fsp3) is 0.188. The number of carbonyl (C=O) groups excluding carboxylic acids is 1. The summed E-state index contributed by atoms with van der Waals surface area (Å²) < 4.78 is 5.53. The van der Waals surface area contributed by atoms with Crippen LogP contribution < -0.4 is 15.8 Å². The Kier molecular flexibility index (Phi) is 3.39. The third-order valence-corrected chi connectivity index (χ3v) is 3.47. The average molecular weight is 268 g/mol. The molecule has 1 heterocycles. The first-order valence-electron chi connectivity index (χ1n) is 6.59. The Hall–Kier alpha value is -2.33. The van der Waals surface area contributed by atoms with Crippen LogP contribution in [0.1, 0.15) is 17.0 Å². The SMILES string of the molecule is NCc1ccc(NC(=O)C2COc3ccccc32)cc1. The number of rotatable bonds is 3. The summed E-state index contributed by atoms with van der Waals surface area (Å²) in [6, 6.07) is 15.2. The summed E-state index contributed by atoms with van der Waals surface area (Å²) in [6.45, 7) is 0.893. The summed E-state index contributed by atoms with van der Waals surface area (Å²) in [6.07, 6.45) is 0. The first-order valence-corrected chi connectivity index (χ1v) is 6.59. The van der Waals surface area contributed by atoms with Crippen molar-refractivity contribution in [2.24, 2.45) is 5.73 Å². The topological polar surface area (TPSA) is 64.3 Å². The van der Waals surface area contributed by atoms with Crippen molar-refractivity contribution in [3.8, 4) is 5.75 Å². The van der Waals surface area contributed by atoms with Crippen LogP contribution in [-0.4, -0.2) is 12.5 Å². The molecule has 1 aliphatic rings. The van der Waals surface area contributed by atoms with Crippen LogP contribution in [-0.2, 0) is 11.3 Å². The standard InChI is InChI=1S/C16H16N2O2/c17-9-11-5-7-12(8-6-11)18-16(19)14-10-20-15-4-2-1-3-13(14)15/h1-8,14H,9-10,17H2,(H,18,19). The van der Waals surface area contributed by atoms with Crippen molar-refractivity contribution >= 4 is 11.6 Å². The number of carbonyl (C=O) groups is 1. The van der Waals surface area contributed by atoms with Crippen molar-refractivity contribution in [2.75, 3.05) is 11.9 Å². The number of nitrogens with two attached hydrogens (primary N) is 1. The van der Waals surface area contributed by atoms with Gasteiger partial charge in [-0.05, 0) is 23.8 Å². The molecule has 1 aliphatic heterocycles. The first-order chi connectivity index (χ1) is 9.78. The van der Waals surface area contributed by atoms with Crippen LogP contribution in [0.2, 0.25) is 0 Å². The van der Waals surface area contributed by atoms with Gasteiger partial charge in [0.2, 0.25) is 5.91 Å². The molecule has 4 nitrogen and oxygen atoms in total.